The van der Waals surface area contributed by atoms with Gasteiger partial charge in [-0.3, -0.25) is 19.3 Å². The molecule has 1 heterocycles. The van der Waals surface area contributed by atoms with Crippen molar-refractivity contribution in [2.75, 3.05) is 18.1 Å². The number of Topliss-reactive ketones (excluding diaryl/α,β-unsaturated/α-hetero) is 1. The molecule has 0 bridgehead atoms. The molecular weight excluding hydrogens is 284 g/mol. The van der Waals surface area contributed by atoms with E-state index in [-0.39, 0.29) is 6.61 Å². The van der Waals surface area contributed by atoms with Crippen LogP contribution in [0, 0.1) is 11.6 Å². The van der Waals surface area contributed by atoms with Crippen molar-refractivity contribution in [3.63, 3.8) is 0 Å². The van der Waals surface area contributed by atoms with Gasteiger partial charge in [0.25, 0.3) is 11.7 Å². The number of hydrogen-bond donors (Lipinski definition) is 0. The lowest BCUT2D eigenvalue weighted by molar-refractivity contribution is -0.142. The van der Waals surface area contributed by atoms with Crippen LogP contribution < -0.4 is 4.90 Å². The molecule has 0 unspecified atom stereocenters. The molecule has 2 rings (SSSR count). The van der Waals surface area contributed by atoms with Crippen LogP contribution in [-0.2, 0) is 14.3 Å². The fourth-order valence-electron chi connectivity index (χ4n) is 2.01. The smallest absolute Gasteiger partial charge is 0.326 e. The minimum Gasteiger partial charge on any atom is -0.464 e. The van der Waals surface area contributed by atoms with Crippen LogP contribution in [0.4, 0.5) is 14.5 Å². The van der Waals surface area contributed by atoms with E-state index in [4.69, 9.17) is 4.74 Å². The van der Waals surface area contributed by atoms with Crippen molar-refractivity contribution >= 4 is 23.3 Å². The first-order chi connectivity index (χ1) is 9.97. The Labute approximate surface area is 119 Å². The Balaban J connectivity index is 2.23. The van der Waals surface area contributed by atoms with Gasteiger partial charge in [0.05, 0.1) is 17.9 Å². The second-order valence-electron chi connectivity index (χ2n) is 4.55. The number of carbonyl (C=O) groups excluding carboxylic acids is 3. The Morgan fingerprint density at radius 3 is 2.57 bits per heavy atom. The molecular formula is C14H13F2NO4. The van der Waals surface area contributed by atoms with Gasteiger partial charge in [0.1, 0.15) is 18.2 Å². The molecule has 0 saturated heterocycles. The molecule has 1 aromatic rings. The Morgan fingerprint density at radius 2 is 1.90 bits per heavy atom. The zero-order valence-electron chi connectivity index (χ0n) is 11.3. The van der Waals surface area contributed by atoms with Crippen molar-refractivity contribution in [3.8, 4) is 0 Å². The summed E-state index contributed by atoms with van der Waals surface area (Å²) in [6.45, 7) is 1.45. The number of hydrogen-bond acceptors (Lipinski definition) is 4. The first-order valence-corrected chi connectivity index (χ1v) is 6.47. The third-order valence-electron chi connectivity index (χ3n) is 3.06. The van der Waals surface area contributed by atoms with E-state index in [2.05, 4.69) is 0 Å². The largest absolute Gasteiger partial charge is 0.464 e. The van der Waals surface area contributed by atoms with Crippen molar-refractivity contribution in [1.82, 2.24) is 0 Å². The van der Waals surface area contributed by atoms with Crippen molar-refractivity contribution in [3.05, 3.63) is 29.3 Å². The predicted octanol–water partition coefficient (Wildman–Crippen LogP) is 1.84. The molecule has 1 amide bonds. The summed E-state index contributed by atoms with van der Waals surface area (Å²) in [7, 11) is 0. The molecule has 0 saturated carbocycles. The summed E-state index contributed by atoms with van der Waals surface area (Å²) in [5.74, 6) is -5.01. The molecule has 0 aliphatic carbocycles. The van der Waals surface area contributed by atoms with Crippen LogP contribution in [0.15, 0.2) is 12.1 Å². The number of unbranched alkanes of at least 4 members (excludes halogenated alkanes) is 1. The Hall–Kier alpha value is -2.31. The molecule has 21 heavy (non-hydrogen) atoms. The maximum Gasteiger partial charge on any atom is 0.326 e. The van der Waals surface area contributed by atoms with E-state index < -0.39 is 47.1 Å². The fraction of sp³-hybridized carbons (Fsp3) is 0.357. The molecule has 112 valence electrons. The normalized spacial score (nSPS) is 13.6. The minimum atomic E-state index is -1.16. The third kappa shape index (κ3) is 2.76. The summed E-state index contributed by atoms with van der Waals surface area (Å²) >= 11 is 0. The number of anilines is 1. The van der Waals surface area contributed by atoms with Crippen molar-refractivity contribution < 1.29 is 27.9 Å². The lowest BCUT2D eigenvalue weighted by Gasteiger charge is -2.16. The Morgan fingerprint density at radius 1 is 1.24 bits per heavy atom. The van der Waals surface area contributed by atoms with Crippen LogP contribution in [0.1, 0.15) is 30.1 Å². The summed E-state index contributed by atoms with van der Waals surface area (Å²) in [4.78, 5) is 35.6. The van der Waals surface area contributed by atoms with E-state index in [0.29, 0.717) is 11.3 Å². The number of ketones is 1. The maximum absolute atomic E-state index is 13.8. The van der Waals surface area contributed by atoms with Gasteiger partial charge in [-0.1, -0.05) is 13.3 Å². The standard InChI is InChI=1S/C14H13F2NO4/c1-2-3-6-21-10(18)7-17-12-9(16)5-4-8(15)11(12)13(19)14(17)20/h4-5H,2-3,6-7H2,1H3. The highest BCUT2D eigenvalue weighted by molar-refractivity contribution is 6.52. The van der Waals surface area contributed by atoms with Crippen molar-refractivity contribution in [2.45, 2.75) is 19.8 Å². The number of ether oxygens (including phenoxy) is 1. The van der Waals surface area contributed by atoms with Gasteiger partial charge in [-0.2, -0.15) is 0 Å². The Bertz CT molecular complexity index is 615. The van der Waals surface area contributed by atoms with E-state index in [1.54, 1.807) is 0 Å². The fourth-order valence-corrected chi connectivity index (χ4v) is 2.01. The predicted molar refractivity (Wildman–Crippen MR) is 68.9 cm³/mol. The number of rotatable bonds is 5. The van der Waals surface area contributed by atoms with Crippen LogP contribution in [-0.4, -0.2) is 30.8 Å². The van der Waals surface area contributed by atoms with Gasteiger partial charge in [-0.15, -0.1) is 0 Å². The second-order valence-corrected chi connectivity index (χ2v) is 4.55. The highest BCUT2D eigenvalue weighted by atomic mass is 19.1. The first kappa shape index (κ1) is 15.1. The van der Waals surface area contributed by atoms with Gasteiger partial charge in [-0.25, -0.2) is 8.78 Å². The van der Waals surface area contributed by atoms with Crippen LogP contribution in [0.25, 0.3) is 0 Å². The van der Waals surface area contributed by atoms with Gasteiger partial charge < -0.3 is 4.74 Å². The SMILES string of the molecule is CCCCOC(=O)CN1C(=O)C(=O)c2c(F)ccc(F)c21. The summed E-state index contributed by atoms with van der Waals surface area (Å²) in [6.07, 6.45) is 1.47. The van der Waals surface area contributed by atoms with Gasteiger partial charge in [-0.05, 0) is 18.6 Å². The molecule has 0 spiro atoms. The number of nitrogens with zero attached hydrogens (tertiary/aromatic N) is 1. The van der Waals surface area contributed by atoms with Crippen molar-refractivity contribution in [1.29, 1.82) is 0 Å². The maximum atomic E-state index is 13.8. The topological polar surface area (TPSA) is 63.7 Å². The van der Waals surface area contributed by atoms with E-state index in [9.17, 15) is 23.2 Å². The molecule has 0 radical (unpaired) electrons. The average molecular weight is 297 g/mol. The summed E-state index contributed by atoms with van der Waals surface area (Å²) in [5.41, 5.74) is -1.14. The van der Waals surface area contributed by atoms with Crippen LogP contribution >= 0.6 is 0 Å². The zero-order chi connectivity index (χ0) is 15.6. The summed E-state index contributed by atoms with van der Waals surface area (Å²) in [5, 5.41) is 0. The number of carbonyl (C=O) groups is 3. The van der Waals surface area contributed by atoms with E-state index in [0.717, 1.165) is 18.6 Å². The Kier molecular flexibility index (Phi) is 4.30. The molecule has 1 aromatic carbocycles. The van der Waals surface area contributed by atoms with E-state index in [1.165, 1.54) is 0 Å². The minimum absolute atomic E-state index is 0.170. The second kappa shape index (κ2) is 5.99. The highest BCUT2D eigenvalue weighted by Gasteiger charge is 2.41. The van der Waals surface area contributed by atoms with E-state index in [1.807, 2.05) is 6.92 Å². The summed E-state index contributed by atoms with van der Waals surface area (Å²) < 4.78 is 32.2. The summed E-state index contributed by atoms with van der Waals surface area (Å²) in [6, 6.07) is 1.57. The lowest BCUT2D eigenvalue weighted by atomic mass is 10.1. The monoisotopic (exact) mass is 297 g/mol. The van der Waals surface area contributed by atoms with Gasteiger partial charge in [0.15, 0.2) is 0 Å². The molecule has 0 aromatic heterocycles. The molecule has 1 aliphatic rings. The highest BCUT2D eigenvalue weighted by Crippen LogP contribution is 2.33. The van der Waals surface area contributed by atoms with E-state index >= 15 is 0 Å². The lowest BCUT2D eigenvalue weighted by Crippen LogP contribution is -2.36. The molecule has 0 fully saturated rings. The first-order valence-electron chi connectivity index (χ1n) is 6.47. The molecule has 5 nitrogen and oxygen atoms in total. The van der Waals surface area contributed by atoms with Gasteiger partial charge in [0.2, 0.25) is 0 Å². The van der Waals surface area contributed by atoms with Crippen molar-refractivity contribution in [2.24, 2.45) is 0 Å². The van der Waals surface area contributed by atoms with Gasteiger partial charge in [0, 0.05) is 0 Å². The van der Waals surface area contributed by atoms with Gasteiger partial charge >= 0.3 is 5.97 Å². The number of benzene rings is 1. The number of esters is 1. The zero-order valence-corrected chi connectivity index (χ0v) is 11.3. The molecule has 0 atom stereocenters. The number of fused-ring (bicyclic) bond motifs is 1. The molecule has 7 heteroatoms. The number of halogens is 2. The van der Waals surface area contributed by atoms with Crippen LogP contribution in [0.5, 0.6) is 0 Å². The average Bonchev–Trinajstić information content (AvgIpc) is 2.69. The third-order valence-corrected chi connectivity index (χ3v) is 3.06. The number of amides is 1. The van der Waals surface area contributed by atoms with Crippen LogP contribution in [0.3, 0.4) is 0 Å². The quantitative estimate of drug-likeness (QED) is 0.472. The van der Waals surface area contributed by atoms with Crippen LogP contribution in [0.2, 0.25) is 0 Å². The molecule has 0 N–H and O–H groups in total. The molecule has 1 aliphatic heterocycles.